The monoisotopic (exact) mass is 291 g/mol. The van der Waals surface area contributed by atoms with Crippen molar-refractivity contribution in [1.29, 1.82) is 0 Å². The highest BCUT2D eigenvalue weighted by molar-refractivity contribution is 5.91. The molecule has 0 radical (unpaired) electrons. The molecule has 114 valence electrons. The maximum atomic E-state index is 11.8. The molecular weight excluding hydrogens is 270 g/mol. The van der Waals surface area contributed by atoms with Gasteiger partial charge in [0.15, 0.2) is 0 Å². The molecule has 1 saturated heterocycles. The van der Waals surface area contributed by atoms with Crippen LogP contribution in [0, 0.1) is 0 Å². The normalized spacial score (nSPS) is 15.9. The SMILES string of the molecule is CC/C(=N/C(=O)OCCc1ccncc1)N1CCOCC1. The molecule has 0 saturated carbocycles. The lowest BCUT2D eigenvalue weighted by Crippen LogP contribution is -2.40. The molecule has 2 rings (SSSR count). The van der Waals surface area contributed by atoms with Crippen molar-refractivity contribution in [2.45, 2.75) is 19.8 Å². The second-order valence-electron chi connectivity index (χ2n) is 4.70. The van der Waals surface area contributed by atoms with E-state index in [1.165, 1.54) is 0 Å². The number of aliphatic imine (C=N–C) groups is 1. The van der Waals surface area contributed by atoms with Crippen LogP contribution in [-0.4, -0.2) is 54.7 Å². The van der Waals surface area contributed by atoms with Gasteiger partial charge in [0, 0.05) is 38.3 Å². The van der Waals surface area contributed by atoms with Crippen molar-refractivity contribution in [2.24, 2.45) is 4.99 Å². The maximum Gasteiger partial charge on any atom is 0.435 e. The summed E-state index contributed by atoms with van der Waals surface area (Å²) < 4.78 is 10.5. The third-order valence-electron chi connectivity index (χ3n) is 3.28. The van der Waals surface area contributed by atoms with Gasteiger partial charge in [0.05, 0.1) is 19.8 Å². The third kappa shape index (κ3) is 5.15. The van der Waals surface area contributed by atoms with Crippen molar-refractivity contribution in [1.82, 2.24) is 9.88 Å². The number of ether oxygens (including phenoxy) is 2. The number of nitrogens with zero attached hydrogens (tertiary/aromatic N) is 3. The predicted molar refractivity (Wildman–Crippen MR) is 79.4 cm³/mol. The molecule has 6 nitrogen and oxygen atoms in total. The topological polar surface area (TPSA) is 64.0 Å². The zero-order chi connectivity index (χ0) is 14.9. The van der Waals surface area contributed by atoms with Crippen LogP contribution in [0.1, 0.15) is 18.9 Å². The zero-order valence-corrected chi connectivity index (χ0v) is 12.3. The molecule has 0 atom stereocenters. The van der Waals surface area contributed by atoms with Crippen LogP contribution < -0.4 is 0 Å². The van der Waals surface area contributed by atoms with E-state index in [2.05, 4.69) is 14.9 Å². The van der Waals surface area contributed by atoms with Gasteiger partial charge in [-0.2, -0.15) is 4.99 Å². The van der Waals surface area contributed by atoms with Crippen LogP contribution in [0.5, 0.6) is 0 Å². The van der Waals surface area contributed by atoms with E-state index in [9.17, 15) is 4.79 Å². The van der Waals surface area contributed by atoms with Gasteiger partial charge >= 0.3 is 6.09 Å². The fourth-order valence-electron chi connectivity index (χ4n) is 2.14. The summed E-state index contributed by atoms with van der Waals surface area (Å²) in [5.74, 6) is 0.771. The Morgan fingerprint density at radius 1 is 1.38 bits per heavy atom. The van der Waals surface area contributed by atoms with E-state index in [1.54, 1.807) is 12.4 Å². The molecule has 0 unspecified atom stereocenters. The van der Waals surface area contributed by atoms with Crippen LogP contribution in [0.25, 0.3) is 0 Å². The number of amides is 1. The van der Waals surface area contributed by atoms with Gasteiger partial charge in [-0.25, -0.2) is 4.79 Å². The van der Waals surface area contributed by atoms with Crippen LogP contribution in [0.15, 0.2) is 29.5 Å². The average molecular weight is 291 g/mol. The number of hydrogen-bond donors (Lipinski definition) is 0. The Morgan fingerprint density at radius 2 is 2.10 bits per heavy atom. The molecule has 1 aliphatic heterocycles. The Bertz CT molecular complexity index is 470. The van der Waals surface area contributed by atoms with Gasteiger partial charge in [0.1, 0.15) is 5.84 Å². The van der Waals surface area contributed by atoms with Crippen molar-refractivity contribution in [3.8, 4) is 0 Å². The van der Waals surface area contributed by atoms with Gasteiger partial charge in [-0.1, -0.05) is 6.92 Å². The van der Waals surface area contributed by atoms with Crippen molar-refractivity contribution in [3.63, 3.8) is 0 Å². The Labute approximate surface area is 124 Å². The molecule has 0 aromatic carbocycles. The summed E-state index contributed by atoms with van der Waals surface area (Å²) in [6, 6.07) is 3.81. The largest absolute Gasteiger partial charge is 0.448 e. The second kappa shape index (κ2) is 8.36. The van der Waals surface area contributed by atoms with E-state index in [0.717, 1.165) is 24.5 Å². The lowest BCUT2D eigenvalue weighted by molar-refractivity contribution is 0.0670. The van der Waals surface area contributed by atoms with Crippen molar-refractivity contribution < 1.29 is 14.3 Å². The fourth-order valence-corrected chi connectivity index (χ4v) is 2.14. The van der Waals surface area contributed by atoms with Crippen molar-refractivity contribution >= 4 is 11.9 Å². The van der Waals surface area contributed by atoms with Gasteiger partial charge in [0.25, 0.3) is 0 Å². The molecule has 0 bridgehead atoms. The Hall–Kier alpha value is -1.95. The summed E-state index contributed by atoms with van der Waals surface area (Å²) in [6.07, 6.45) is 4.31. The van der Waals surface area contributed by atoms with Crippen molar-refractivity contribution in [2.75, 3.05) is 32.9 Å². The number of carbonyl (C=O) groups is 1. The van der Waals surface area contributed by atoms with Gasteiger partial charge in [-0.3, -0.25) is 4.98 Å². The Morgan fingerprint density at radius 3 is 2.76 bits per heavy atom. The quantitative estimate of drug-likeness (QED) is 0.626. The summed E-state index contributed by atoms with van der Waals surface area (Å²) in [5, 5.41) is 0. The summed E-state index contributed by atoms with van der Waals surface area (Å²) in [6.45, 7) is 5.21. The van der Waals surface area contributed by atoms with E-state index >= 15 is 0 Å². The van der Waals surface area contributed by atoms with Gasteiger partial charge in [-0.15, -0.1) is 0 Å². The summed E-state index contributed by atoms with van der Waals surface area (Å²) >= 11 is 0. The fraction of sp³-hybridized carbons (Fsp3) is 0.533. The number of pyridine rings is 1. The van der Waals surface area contributed by atoms with E-state index in [-0.39, 0.29) is 0 Å². The first kappa shape index (κ1) is 15.4. The van der Waals surface area contributed by atoms with E-state index < -0.39 is 6.09 Å². The van der Waals surface area contributed by atoms with Gasteiger partial charge < -0.3 is 14.4 Å². The first-order valence-electron chi connectivity index (χ1n) is 7.25. The molecule has 0 spiro atoms. The van der Waals surface area contributed by atoms with Gasteiger partial charge in [0.2, 0.25) is 0 Å². The highest BCUT2D eigenvalue weighted by Crippen LogP contribution is 2.04. The molecule has 21 heavy (non-hydrogen) atoms. The Kier molecular flexibility index (Phi) is 6.15. The van der Waals surface area contributed by atoms with E-state index in [0.29, 0.717) is 32.7 Å². The van der Waals surface area contributed by atoms with Crippen LogP contribution in [0.4, 0.5) is 4.79 Å². The summed E-state index contributed by atoms with van der Waals surface area (Å²) in [5.41, 5.74) is 1.09. The molecule has 0 N–H and O–H groups in total. The minimum Gasteiger partial charge on any atom is -0.448 e. The average Bonchev–Trinajstić information content (AvgIpc) is 2.54. The zero-order valence-electron chi connectivity index (χ0n) is 12.3. The third-order valence-corrected chi connectivity index (χ3v) is 3.28. The minimum atomic E-state index is -0.521. The van der Waals surface area contributed by atoms with Crippen molar-refractivity contribution in [3.05, 3.63) is 30.1 Å². The first-order chi connectivity index (χ1) is 10.3. The molecular formula is C15H21N3O3. The summed E-state index contributed by atoms with van der Waals surface area (Å²) in [7, 11) is 0. The number of aromatic nitrogens is 1. The molecule has 1 aromatic heterocycles. The second-order valence-corrected chi connectivity index (χ2v) is 4.70. The lowest BCUT2D eigenvalue weighted by atomic mass is 10.2. The van der Waals surface area contributed by atoms with E-state index in [4.69, 9.17) is 9.47 Å². The smallest absolute Gasteiger partial charge is 0.435 e. The summed E-state index contributed by atoms with van der Waals surface area (Å²) in [4.78, 5) is 21.9. The maximum absolute atomic E-state index is 11.8. The van der Waals surface area contributed by atoms with Crippen LogP contribution in [0.3, 0.4) is 0 Å². The first-order valence-corrected chi connectivity index (χ1v) is 7.25. The number of morpholine rings is 1. The molecule has 6 heteroatoms. The van der Waals surface area contributed by atoms with Crippen LogP contribution in [0.2, 0.25) is 0 Å². The molecule has 1 aromatic rings. The predicted octanol–water partition coefficient (Wildman–Crippen LogP) is 1.90. The minimum absolute atomic E-state index is 0.326. The molecule has 2 heterocycles. The number of rotatable bonds is 4. The van der Waals surface area contributed by atoms with Gasteiger partial charge in [-0.05, 0) is 17.7 Å². The highest BCUT2D eigenvalue weighted by Gasteiger charge is 2.15. The molecule has 1 aliphatic rings. The molecule has 1 amide bonds. The number of carbonyl (C=O) groups excluding carboxylic acids is 1. The molecule has 1 fully saturated rings. The highest BCUT2D eigenvalue weighted by atomic mass is 16.5. The van der Waals surface area contributed by atoms with E-state index in [1.807, 2.05) is 19.1 Å². The number of hydrogen-bond acceptors (Lipinski definition) is 4. The standard InChI is InChI=1S/C15H21N3O3/c1-2-14(18-8-11-20-12-9-18)17-15(19)21-10-5-13-3-6-16-7-4-13/h3-4,6-7H,2,5,8-12H2,1H3/b17-14-. The number of amidine groups is 1. The lowest BCUT2D eigenvalue weighted by Gasteiger charge is -2.29. The van der Waals surface area contributed by atoms with Crippen LogP contribution >= 0.6 is 0 Å². The molecule has 0 aliphatic carbocycles. The van der Waals surface area contributed by atoms with Crippen LogP contribution in [-0.2, 0) is 15.9 Å². The Balaban J connectivity index is 1.79.